The van der Waals surface area contributed by atoms with Crippen LogP contribution in [0.5, 0.6) is 0 Å². The summed E-state index contributed by atoms with van der Waals surface area (Å²) in [5.74, 6) is 0.629. The van der Waals surface area contributed by atoms with Crippen LogP contribution < -0.4 is 5.32 Å². The van der Waals surface area contributed by atoms with E-state index in [1.165, 1.54) is 19.3 Å². The molecule has 17 heavy (non-hydrogen) atoms. The summed E-state index contributed by atoms with van der Waals surface area (Å²) in [4.78, 5) is 0. The van der Waals surface area contributed by atoms with Crippen LogP contribution >= 0.6 is 0 Å². The second-order valence-electron chi connectivity index (χ2n) is 4.89. The lowest BCUT2D eigenvalue weighted by Gasteiger charge is -2.31. The van der Waals surface area contributed by atoms with Gasteiger partial charge in [0.25, 0.3) is 0 Å². The standard InChI is InChI=1S/C14H29NO2/c1-4-7-13(17-6-3)14(15-9-5-2)12-8-10-16-11-12/h12-15H,4-11H2,1-3H3. The molecule has 1 fully saturated rings. The Bertz CT molecular complexity index is 175. The van der Waals surface area contributed by atoms with E-state index in [-0.39, 0.29) is 0 Å². The molecule has 0 bridgehead atoms. The van der Waals surface area contributed by atoms with Crippen molar-refractivity contribution in [1.29, 1.82) is 0 Å². The number of hydrogen-bond donors (Lipinski definition) is 1. The van der Waals surface area contributed by atoms with Crippen LogP contribution in [0.2, 0.25) is 0 Å². The van der Waals surface area contributed by atoms with Crippen LogP contribution in [0, 0.1) is 5.92 Å². The predicted octanol–water partition coefficient (Wildman–Crippen LogP) is 2.60. The van der Waals surface area contributed by atoms with E-state index in [9.17, 15) is 0 Å². The van der Waals surface area contributed by atoms with Crippen LogP contribution in [0.25, 0.3) is 0 Å². The molecule has 3 unspecified atom stereocenters. The average molecular weight is 243 g/mol. The van der Waals surface area contributed by atoms with Gasteiger partial charge in [0.2, 0.25) is 0 Å². The molecule has 0 saturated carbocycles. The maximum Gasteiger partial charge on any atom is 0.0731 e. The molecule has 1 N–H and O–H groups in total. The Hall–Kier alpha value is -0.120. The molecule has 3 heteroatoms. The molecule has 0 radical (unpaired) electrons. The molecule has 0 aromatic heterocycles. The fourth-order valence-corrected chi connectivity index (χ4v) is 2.61. The zero-order valence-corrected chi connectivity index (χ0v) is 11.7. The number of rotatable bonds is 9. The summed E-state index contributed by atoms with van der Waals surface area (Å²) >= 11 is 0. The number of hydrogen-bond acceptors (Lipinski definition) is 3. The lowest BCUT2D eigenvalue weighted by molar-refractivity contribution is 0.00977. The maximum atomic E-state index is 5.94. The van der Waals surface area contributed by atoms with E-state index in [1.54, 1.807) is 0 Å². The molecular formula is C14H29NO2. The van der Waals surface area contributed by atoms with Crippen molar-refractivity contribution in [1.82, 2.24) is 5.32 Å². The Morgan fingerprint density at radius 1 is 1.29 bits per heavy atom. The highest BCUT2D eigenvalue weighted by Crippen LogP contribution is 2.23. The molecule has 3 nitrogen and oxygen atoms in total. The molecule has 0 aromatic rings. The summed E-state index contributed by atoms with van der Waals surface area (Å²) in [5, 5.41) is 3.68. The second-order valence-corrected chi connectivity index (χ2v) is 4.89. The minimum atomic E-state index is 0.350. The molecule has 0 aromatic carbocycles. The third-order valence-corrected chi connectivity index (χ3v) is 3.46. The maximum absolute atomic E-state index is 5.94. The third kappa shape index (κ3) is 4.94. The van der Waals surface area contributed by atoms with Crippen LogP contribution in [0.4, 0.5) is 0 Å². The molecule has 0 aliphatic carbocycles. The van der Waals surface area contributed by atoms with Crippen molar-refractivity contribution in [2.75, 3.05) is 26.4 Å². The van der Waals surface area contributed by atoms with E-state index in [4.69, 9.17) is 9.47 Å². The first-order valence-electron chi connectivity index (χ1n) is 7.26. The normalized spacial score (nSPS) is 23.8. The molecule has 1 rings (SSSR count). The van der Waals surface area contributed by atoms with Crippen LogP contribution in [-0.2, 0) is 9.47 Å². The summed E-state index contributed by atoms with van der Waals surface area (Å²) in [6.07, 6.45) is 5.03. The minimum Gasteiger partial charge on any atom is -0.381 e. The van der Waals surface area contributed by atoms with Gasteiger partial charge in [-0.1, -0.05) is 20.3 Å². The Morgan fingerprint density at radius 2 is 2.12 bits per heavy atom. The van der Waals surface area contributed by atoms with Crippen molar-refractivity contribution in [2.24, 2.45) is 5.92 Å². The van der Waals surface area contributed by atoms with E-state index < -0.39 is 0 Å². The molecule has 0 amide bonds. The Balaban J connectivity index is 2.55. The molecule has 0 spiro atoms. The Morgan fingerprint density at radius 3 is 2.65 bits per heavy atom. The molecule has 1 aliphatic rings. The molecule has 3 atom stereocenters. The lowest BCUT2D eigenvalue weighted by atomic mass is 9.91. The van der Waals surface area contributed by atoms with Gasteiger partial charge in [0.05, 0.1) is 12.7 Å². The highest BCUT2D eigenvalue weighted by Gasteiger charge is 2.31. The predicted molar refractivity (Wildman–Crippen MR) is 71.3 cm³/mol. The quantitative estimate of drug-likeness (QED) is 0.675. The summed E-state index contributed by atoms with van der Waals surface area (Å²) in [7, 11) is 0. The van der Waals surface area contributed by atoms with E-state index in [0.717, 1.165) is 32.8 Å². The van der Waals surface area contributed by atoms with Gasteiger partial charge in [-0.2, -0.15) is 0 Å². The van der Waals surface area contributed by atoms with Gasteiger partial charge in [-0.15, -0.1) is 0 Å². The first-order chi connectivity index (χ1) is 8.33. The van der Waals surface area contributed by atoms with Gasteiger partial charge in [-0.3, -0.25) is 0 Å². The van der Waals surface area contributed by atoms with Gasteiger partial charge in [-0.25, -0.2) is 0 Å². The lowest BCUT2D eigenvalue weighted by Crippen LogP contribution is -2.47. The number of nitrogens with one attached hydrogen (secondary N) is 1. The highest BCUT2D eigenvalue weighted by molar-refractivity contribution is 4.86. The van der Waals surface area contributed by atoms with E-state index in [1.807, 2.05) is 0 Å². The monoisotopic (exact) mass is 243 g/mol. The fraction of sp³-hybridized carbons (Fsp3) is 1.00. The van der Waals surface area contributed by atoms with Crippen molar-refractivity contribution in [3.05, 3.63) is 0 Å². The van der Waals surface area contributed by atoms with E-state index in [2.05, 4.69) is 26.1 Å². The summed E-state index contributed by atoms with van der Waals surface area (Å²) in [5.41, 5.74) is 0. The largest absolute Gasteiger partial charge is 0.381 e. The second kappa shape index (κ2) is 8.90. The summed E-state index contributed by atoms with van der Waals surface area (Å²) in [6, 6.07) is 0.470. The third-order valence-electron chi connectivity index (χ3n) is 3.46. The molecule has 102 valence electrons. The van der Waals surface area contributed by atoms with Gasteiger partial charge < -0.3 is 14.8 Å². The van der Waals surface area contributed by atoms with E-state index in [0.29, 0.717) is 18.1 Å². The average Bonchev–Trinajstić information content (AvgIpc) is 2.84. The van der Waals surface area contributed by atoms with Crippen molar-refractivity contribution >= 4 is 0 Å². The molecular weight excluding hydrogens is 214 g/mol. The van der Waals surface area contributed by atoms with Crippen molar-refractivity contribution < 1.29 is 9.47 Å². The SMILES string of the molecule is CCCNC(C1CCOC1)C(CCC)OCC. The fourth-order valence-electron chi connectivity index (χ4n) is 2.61. The summed E-state index contributed by atoms with van der Waals surface area (Å²) < 4.78 is 11.5. The zero-order valence-electron chi connectivity index (χ0n) is 11.7. The van der Waals surface area contributed by atoms with Crippen molar-refractivity contribution in [2.45, 2.75) is 58.6 Å². The first-order valence-corrected chi connectivity index (χ1v) is 7.26. The van der Waals surface area contributed by atoms with Crippen molar-refractivity contribution in [3.8, 4) is 0 Å². The van der Waals surface area contributed by atoms with Crippen LogP contribution in [0.15, 0.2) is 0 Å². The first kappa shape index (κ1) is 14.9. The summed E-state index contributed by atoms with van der Waals surface area (Å²) in [6.45, 7) is 10.2. The Labute approximate surface area is 106 Å². The van der Waals surface area contributed by atoms with Gasteiger partial charge >= 0.3 is 0 Å². The highest BCUT2D eigenvalue weighted by atomic mass is 16.5. The van der Waals surface area contributed by atoms with Crippen LogP contribution in [0.3, 0.4) is 0 Å². The van der Waals surface area contributed by atoms with E-state index >= 15 is 0 Å². The Kier molecular flexibility index (Phi) is 7.82. The van der Waals surface area contributed by atoms with Gasteiger partial charge in [0.1, 0.15) is 0 Å². The smallest absolute Gasteiger partial charge is 0.0731 e. The van der Waals surface area contributed by atoms with Crippen LogP contribution in [0.1, 0.15) is 46.5 Å². The van der Waals surface area contributed by atoms with Crippen LogP contribution in [-0.4, -0.2) is 38.5 Å². The zero-order chi connectivity index (χ0) is 12.5. The molecule has 1 saturated heterocycles. The molecule has 1 aliphatic heterocycles. The van der Waals surface area contributed by atoms with Crippen molar-refractivity contribution in [3.63, 3.8) is 0 Å². The minimum absolute atomic E-state index is 0.350. The number of ether oxygens (including phenoxy) is 2. The van der Waals surface area contributed by atoms with Gasteiger partial charge in [0, 0.05) is 25.2 Å². The van der Waals surface area contributed by atoms with Gasteiger partial charge in [0.15, 0.2) is 0 Å². The van der Waals surface area contributed by atoms with Gasteiger partial charge in [-0.05, 0) is 32.7 Å². The molecule has 1 heterocycles. The topological polar surface area (TPSA) is 30.5 Å².